The van der Waals surface area contributed by atoms with Gasteiger partial charge >= 0.3 is 5.97 Å². The number of nitrogens with zero attached hydrogens (tertiary/aromatic N) is 4. The van der Waals surface area contributed by atoms with Crippen LogP contribution in [0, 0.1) is 0 Å². The van der Waals surface area contributed by atoms with Gasteiger partial charge in [0.05, 0.1) is 12.2 Å². The van der Waals surface area contributed by atoms with E-state index in [1.165, 1.54) is 10.9 Å². The lowest BCUT2D eigenvalue weighted by Crippen LogP contribution is -2.28. The molecule has 9 heteroatoms. The number of hydrogen-bond acceptors (Lipinski definition) is 6. The van der Waals surface area contributed by atoms with Crippen molar-refractivity contribution in [3.05, 3.63) is 52.3 Å². The van der Waals surface area contributed by atoms with Crippen LogP contribution in [-0.2, 0) is 29.0 Å². The summed E-state index contributed by atoms with van der Waals surface area (Å²) in [4.78, 5) is 45.8. The Morgan fingerprint density at radius 2 is 1.97 bits per heavy atom. The average molecular weight is 409 g/mol. The van der Waals surface area contributed by atoms with E-state index in [9.17, 15) is 14.4 Å². The maximum atomic E-state index is 12.8. The number of imidazole rings is 1. The van der Waals surface area contributed by atoms with Gasteiger partial charge in [-0.15, -0.1) is 0 Å². The monoisotopic (exact) mass is 409 g/mol. The molecule has 0 spiro atoms. The van der Waals surface area contributed by atoms with Gasteiger partial charge in [-0.2, -0.15) is 0 Å². The number of anilines is 1. The Kier molecular flexibility index (Phi) is 5.60. The Morgan fingerprint density at radius 1 is 1.17 bits per heavy atom. The molecule has 0 radical (unpaired) electrons. The number of hydrogen-bond donors (Lipinski definition) is 1. The summed E-state index contributed by atoms with van der Waals surface area (Å²) in [5.41, 5.74) is 1.49. The number of aromatic nitrogens is 4. The van der Waals surface area contributed by atoms with Crippen molar-refractivity contribution in [3.8, 4) is 0 Å². The van der Waals surface area contributed by atoms with Crippen LogP contribution in [0.2, 0.25) is 0 Å². The first-order valence-electron chi connectivity index (χ1n) is 10.1. The van der Waals surface area contributed by atoms with Crippen molar-refractivity contribution < 1.29 is 14.3 Å². The molecule has 0 bridgehead atoms. The predicted octanol–water partition coefficient (Wildman–Crippen LogP) is 2.13. The lowest BCUT2D eigenvalue weighted by atomic mass is 10.2. The van der Waals surface area contributed by atoms with E-state index in [4.69, 9.17) is 4.74 Å². The number of ether oxygens (including phenoxy) is 1. The third-order valence-corrected chi connectivity index (χ3v) is 5.08. The van der Waals surface area contributed by atoms with E-state index in [2.05, 4.69) is 15.3 Å². The van der Waals surface area contributed by atoms with Crippen molar-refractivity contribution >= 4 is 28.7 Å². The van der Waals surface area contributed by atoms with Gasteiger partial charge in [-0.05, 0) is 44.0 Å². The van der Waals surface area contributed by atoms with Crippen LogP contribution >= 0.6 is 0 Å². The lowest BCUT2D eigenvalue weighted by molar-refractivity contribution is -0.116. The van der Waals surface area contributed by atoms with E-state index < -0.39 is 5.97 Å². The van der Waals surface area contributed by atoms with Gasteiger partial charge in [0.15, 0.2) is 11.2 Å². The molecule has 0 atom stereocenters. The molecule has 1 aromatic carbocycles. The molecule has 1 N–H and O–H groups in total. The van der Waals surface area contributed by atoms with Gasteiger partial charge in [-0.1, -0.05) is 6.42 Å². The maximum Gasteiger partial charge on any atom is 0.338 e. The van der Waals surface area contributed by atoms with Crippen LogP contribution in [0.4, 0.5) is 5.69 Å². The molecule has 3 aromatic rings. The van der Waals surface area contributed by atoms with Crippen molar-refractivity contribution in [1.29, 1.82) is 0 Å². The van der Waals surface area contributed by atoms with E-state index in [1.54, 1.807) is 31.2 Å². The summed E-state index contributed by atoms with van der Waals surface area (Å²) in [6.45, 7) is 2.67. The zero-order chi connectivity index (χ0) is 21.1. The quantitative estimate of drug-likeness (QED) is 0.647. The Labute approximate surface area is 172 Å². The van der Waals surface area contributed by atoms with Gasteiger partial charge < -0.3 is 14.6 Å². The number of esters is 1. The van der Waals surface area contributed by atoms with Crippen molar-refractivity contribution in [2.45, 2.75) is 45.7 Å². The number of carbonyl (C=O) groups excluding carboxylic acids is 2. The number of amides is 1. The maximum absolute atomic E-state index is 12.8. The molecule has 0 fully saturated rings. The highest BCUT2D eigenvalue weighted by Gasteiger charge is 2.18. The van der Waals surface area contributed by atoms with Crippen molar-refractivity contribution in [2.75, 3.05) is 11.9 Å². The number of carbonyl (C=O) groups is 2. The Hall–Kier alpha value is -3.49. The van der Waals surface area contributed by atoms with Gasteiger partial charge in [0.2, 0.25) is 5.91 Å². The molecule has 2 aromatic heterocycles. The molecule has 1 amide bonds. The molecular weight excluding hydrogens is 386 g/mol. The largest absolute Gasteiger partial charge is 0.462 e. The summed E-state index contributed by atoms with van der Waals surface area (Å²) >= 11 is 0. The minimum Gasteiger partial charge on any atom is -0.462 e. The molecule has 0 saturated heterocycles. The van der Waals surface area contributed by atoms with E-state index in [-0.39, 0.29) is 18.0 Å². The Bertz CT molecular complexity index is 1150. The fraction of sp³-hybridized carbons (Fsp3) is 0.381. The molecule has 1 aliphatic rings. The second-order valence-corrected chi connectivity index (χ2v) is 7.19. The third-order valence-electron chi connectivity index (χ3n) is 5.08. The van der Waals surface area contributed by atoms with Crippen LogP contribution in [0.5, 0.6) is 0 Å². The smallest absolute Gasteiger partial charge is 0.338 e. The molecular formula is C21H23N5O4. The Balaban J connectivity index is 1.49. The van der Waals surface area contributed by atoms with E-state index in [0.29, 0.717) is 29.0 Å². The fourth-order valence-corrected chi connectivity index (χ4v) is 3.60. The molecule has 4 rings (SSSR count). The second kappa shape index (κ2) is 8.48. The molecule has 0 aliphatic carbocycles. The summed E-state index contributed by atoms with van der Waals surface area (Å²) in [5, 5.41) is 2.72. The highest BCUT2D eigenvalue weighted by atomic mass is 16.5. The fourth-order valence-electron chi connectivity index (χ4n) is 3.60. The van der Waals surface area contributed by atoms with Crippen molar-refractivity contribution in [3.63, 3.8) is 0 Å². The number of aryl methyl sites for hydroxylation is 2. The van der Waals surface area contributed by atoms with Crippen LogP contribution in [0.15, 0.2) is 35.4 Å². The van der Waals surface area contributed by atoms with Gasteiger partial charge in [0, 0.05) is 18.7 Å². The summed E-state index contributed by atoms with van der Waals surface area (Å²) in [6.07, 6.45) is 5.46. The normalized spacial score (nSPS) is 13.5. The minimum absolute atomic E-state index is 0.177. The van der Waals surface area contributed by atoms with Crippen molar-refractivity contribution in [2.24, 2.45) is 0 Å². The molecule has 1 aliphatic heterocycles. The molecule has 0 unspecified atom stereocenters. The van der Waals surface area contributed by atoms with Gasteiger partial charge in [0.25, 0.3) is 5.56 Å². The number of benzene rings is 1. The van der Waals surface area contributed by atoms with Crippen LogP contribution < -0.4 is 10.9 Å². The standard InChI is InChI=1S/C21H23N5O4/c1-2-30-21(29)14-7-9-15(10-8-14)23-17(27)12-25-13-22-19-18(20(25)28)24-16-6-4-3-5-11-26(16)19/h7-10,13H,2-6,11-12H2,1H3,(H,23,27). The van der Waals surface area contributed by atoms with E-state index in [1.807, 2.05) is 4.57 Å². The second-order valence-electron chi connectivity index (χ2n) is 7.19. The third kappa shape index (κ3) is 3.96. The van der Waals surface area contributed by atoms with Gasteiger partial charge in [-0.25, -0.2) is 14.8 Å². The number of fused-ring (bicyclic) bond motifs is 3. The zero-order valence-electron chi connectivity index (χ0n) is 16.8. The van der Waals surface area contributed by atoms with Crippen LogP contribution in [-0.4, -0.2) is 37.6 Å². The van der Waals surface area contributed by atoms with E-state index >= 15 is 0 Å². The Morgan fingerprint density at radius 3 is 2.73 bits per heavy atom. The highest BCUT2D eigenvalue weighted by molar-refractivity contribution is 5.93. The summed E-state index contributed by atoms with van der Waals surface area (Å²) in [7, 11) is 0. The van der Waals surface area contributed by atoms with Crippen LogP contribution in [0.1, 0.15) is 42.4 Å². The molecule has 3 heterocycles. The molecule has 9 nitrogen and oxygen atoms in total. The molecule has 30 heavy (non-hydrogen) atoms. The van der Waals surface area contributed by atoms with Gasteiger partial charge in [0.1, 0.15) is 18.7 Å². The first-order chi connectivity index (χ1) is 14.6. The topological polar surface area (TPSA) is 108 Å². The van der Waals surface area contributed by atoms with E-state index in [0.717, 1.165) is 38.1 Å². The summed E-state index contributed by atoms with van der Waals surface area (Å²) < 4.78 is 8.21. The molecule has 0 saturated carbocycles. The molecule has 156 valence electrons. The first-order valence-corrected chi connectivity index (χ1v) is 10.1. The van der Waals surface area contributed by atoms with Gasteiger partial charge in [-0.3, -0.25) is 14.2 Å². The van der Waals surface area contributed by atoms with Crippen LogP contribution in [0.25, 0.3) is 11.2 Å². The zero-order valence-corrected chi connectivity index (χ0v) is 16.8. The highest BCUT2D eigenvalue weighted by Crippen LogP contribution is 2.18. The predicted molar refractivity (Wildman–Crippen MR) is 110 cm³/mol. The number of nitrogens with one attached hydrogen (secondary N) is 1. The minimum atomic E-state index is -0.417. The summed E-state index contributed by atoms with van der Waals surface area (Å²) in [5.74, 6) is 0.0960. The lowest BCUT2D eigenvalue weighted by Gasteiger charge is -2.08. The van der Waals surface area contributed by atoms with Crippen LogP contribution in [0.3, 0.4) is 0 Å². The SMILES string of the molecule is CCOC(=O)c1ccc(NC(=O)Cn2cnc3c(nc4n3CCCCC4)c2=O)cc1. The summed E-state index contributed by atoms with van der Waals surface area (Å²) in [6, 6.07) is 6.37. The number of rotatable bonds is 5. The average Bonchev–Trinajstić information content (AvgIpc) is 2.92. The van der Waals surface area contributed by atoms with Crippen molar-refractivity contribution in [1.82, 2.24) is 19.1 Å². The first kappa shape index (κ1) is 19.8.